The van der Waals surface area contributed by atoms with Crippen LogP contribution in [-0.4, -0.2) is 6.54 Å². The molecule has 0 amide bonds. The molecule has 0 aromatic heterocycles. The molecule has 3 rings (SSSR count). The second-order valence-corrected chi connectivity index (χ2v) is 5.43. The molecule has 1 heteroatoms. The summed E-state index contributed by atoms with van der Waals surface area (Å²) in [6.07, 6.45) is 2.44. The van der Waals surface area contributed by atoms with E-state index in [2.05, 4.69) is 61.6 Å². The van der Waals surface area contributed by atoms with Gasteiger partial charge in [0.1, 0.15) is 0 Å². The number of benzene rings is 2. The summed E-state index contributed by atoms with van der Waals surface area (Å²) in [6, 6.07) is 16.3. The van der Waals surface area contributed by atoms with Crippen LogP contribution in [0.5, 0.6) is 0 Å². The quantitative estimate of drug-likeness (QED) is 0.859. The van der Waals surface area contributed by atoms with Crippen molar-refractivity contribution in [1.29, 1.82) is 0 Å². The summed E-state index contributed by atoms with van der Waals surface area (Å²) in [5.41, 5.74) is 7.01. The van der Waals surface area contributed by atoms with E-state index in [1.54, 1.807) is 0 Å². The molecule has 0 bridgehead atoms. The molecule has 1 unspecified atom stereocenters. The van der Waals surface area contributed by atoms with E-state index in [0.29, 0.717) is 6.04 Å². The van der Waals surface area contributed by atoms with Crippen molar-refractivity contribution in [3.63, 3.8) is 0 Å². The van der Waals surface area contributed by atoms with Crippen molar-refractivity contribution in [3.05, 3.63) is 59.2 Å². The maximum Gasteiger partial charge on any atom is 0.0326 e. The Balaban J connectivity index is 1.95. The predicted octanol–water partition coefficient (Wildman–Crippen LogP) is 4.26. The Morgan fingerprint density at radius 1 is 1.11 bits per heavy atom. The van der Waals surface area contributed by atoms with Crippen molar-refractivity contribution in [2.75, 3.05) is 6.54 Å². The second kappa shape index (κ2) is 5.18. The normalized spacial score (nSPS) is 17.5. The molecule has 1 aliphatic rings. The van der Waals surface area contributed by atoms with E-state index in [0.717, 1.165) is 6.54 Å². The molecular formula is C18H21N. The monoisotopic (exact) mass is 251 g/mol. The van der Waals surface area contributed by atoms with E-state index >= 15 is 0 Å². The van der Waals surface area contributed by atoms with Gasteiger partial charge in [-0.2, -0.15) is 0 Å². The molecule has 0 spiro atoms. The molecule has 1 nitrogen and oxygen atoms in total. The Kier molecular flexibility index (Phi) is 3.39. The van der Waals surface area contributed by atoms with Gasteiger partial charge in [-0.25, -0.2) is 0 Å². The minimum absolute atomic E-state index is 0.562. The largest absolute Gasteiger partial charge is 0.310 e. The Hall–Kier alpha value is -1.60. The van der Waals surface area contributed by atoms with Crippen LogP contribution in [-0.2, 0) is 6.42 Å². The fourth-order valence-electron chi connectivity index (χ4n) is 3.08. The SMILES string of the molecule is CCNC1CCc2cc(-c3cccc(C)c3)ccc21. The van der Waals surface area contributed by atoms with Crippen LogP contribution in [0.3, 0.4) is 0 Å². The zero-order valence-corrected chi connectivity index (χ0v) is 11.7. The lowest BCUT2D eigenvalue weighted by molar-refractivity contribution is 0.549. The van der Waals surface area contributed by atoms with E-state index in [-0.39, 0.29) is 0 Å². The maximum atomic E-state index is 3.57. The van der Waals surface area contributed by atoms with Crippen LogP contribution in [0.15, 0.2) is 42.5 Å². The average molecular weight is 251 g/mol. The molecule has 0 aliphatic heterocycles. The number of nitrogens with one attached hydrogen (secondary N) is 1. The Labute approximate surface area is 115 Å². The van der Waals surface area contributed by atoms with Crippen LogP contribution in [0.1, 0.15) is 36.1 Å². The zero-order valence-electron chi connectivity index (χ0n) is 11.7. The lowest BCUT2D eigenvalue weighted by Crippen LogP contribution is -2.18. The number of fused-ring (bicyclic) bond motifs is 1. The zero-order chi connectivity index (χ0) is 13.2. The molecule has 0 fully saturated rings. The summed E-state index contributed by atoms with van der Waals surface area (Å²) in [4.78, 5) is 0. The number of hydrogen-bond acceptors (Lipinski definition) is 1. The van der Waals surface area contributed by atoms with E-state index < -0.39 is 0 Å². The molecule has 1 N–H and O–H groups in total. The highest BCUT2D eigenvalue weighted by atomic mass is 14.9. The first-order chi connectivity index (χ1) is 9.28. The molecule has 0 saturated heterocycles. The molecular weight excluding hydrogens is 230 g/mol. The van der Waals surface area contributed by atoms with Crippen LogP contribution < -0.4 is 5.32 Å². The van der Waals surface area contributed by atoms with Crippen molar-refractivity contribution in [3.8, 4) is 11.1 Å². The molecule has 2 aromatic rings. The second-order valence-electron chi connectivity index (χ2n) is 5.43. The molecule has 98 valence electrons. The summed E-state index contributed by atoms with van der Waals surface area (Å²) < 4.78 is 0. The van der Waals surface area contributed by atoms with Gasteiger partial charge in [0.05, 0.1) is 0 Å². The van der Waals surface area contributed by atoms with Crippen LogP contribution in [0.2, 0.25) is 0 Å². The third-order valence-electron chi connectivity index (χ3n) is 4.02. The first kappa shape index (κ1) is 12.4. The van der Waals surface area contributed by atoms with Gasteiger partial charge in [-0.3, -0.25) is 0 Å². The van der Waals surface area contributed by atoms with Crippen molar-refractivity contribution < 1.29 is 0 Å². The highest BCUT2D eigenvalue weighted by Gasteiger charge is 2.21. The fraction of sp³-hybridized carbons (Fsp3) is 0.333. The van der Waals surface area contributed by atoms with E-state index in [1.807, 2.05) is 0 Å². The summed E-state index contributed by atoms with van der Waals surface area (Å²) >= 11 is 0. The summed E-state index contributed by atoms with van der Waals surface area (Å²) in [6.45, 7) is 5.38. The van der Waals surface area contributed by atoms with Crippen molar-refractivity contribution in [1.82, 2.24) is 5.32 Å². The molecule has 0 heterocycles. The molecule has 1 atom stereocenters. The van der Waals surface area contributed by atoms with Crippen LogP contribution >= 0.6 is 0 Å². The first-order valence-corrected chi connectivity index (χ1v) is 7.21. The molecule has 19 heavy (non-hydrogen) atoms. The first-order valence-electron chi connectivity index (χ1n) is 7.21. The van der Waals surface area contributed by atoms with Crippen molar-refractivity contribution >= 4 is 0 Å². The number of aryl methyl sites for hydroxylation is 2. The topological polar surface area (TPSA) is 12.0 Å². The fourth-order valence-corrected chi connectivity index (χ4v) is 3.08. The molecule has 2 aromatic carbocycles. The van der Waals surface area contributed by atoms with Crippen molar-refractivity contribution in [2.45, 2.75) is 32.7 Å². The van der Waals surface area contributed by atoms with Gasteiger partial charge in [0.15, 0.2) is 0 Å². The highest BCUT2D eigenvalue weighted by molar-refractivity contribution is 5.66. The lowest BCUT2D eigenvalue weighted by Gasteiger charge is -2.13. The van der Waals surface area contributed by atoms with Gasteiger partial charge in [0.2, 0.25) is 0 Å². The van der Waals surface area contributed by atoms with Gasteiger partial charge in [-0.05, 0) is 48.6 Å². The van der Waals surface area contributed by atoms with Gasteiger partial charge in [0.25, 0.3) is 0 Å². The Bertz CT molecular complexity index is 586. The van der Waals surface area contributed by atoms with Gasteiger partial charge in [-0.1, -0.05) is 55.0 Å². The molecule has 1 aliphatic carbocycles. The summed E-state index contributed by atoms with van der Waals surface area (Å²) in [5.74, 6) is 0. The summed E-state index contributed by atoms with van der Waals surface area (Å²) in [5, 5.41) is 3.57. The third-order valence-corrected chi connectivity index (χ3v) is 4.02. The van der Waals surface area contributed by atoms with Gasteiger partial charge >= 0.3 is 0 Å². The van der Waals surface area contributed by atoms with E-state index in [4.69, 9.17) is 0 Å². The highest BCUT2D eigenvalue weighted by Crippen LogP contribution is 2.34. The molecule has 0 saturated carbocycles. The third kappa shape index (κ3) is 2.43. The van der Waals surface area contributed by atoms with E-state index in [1.165, 1.54) is 40.7 Å². The van der Waals surface area contributed by atoms with E-state index in [9.17, 15) is 0 Å². The number of hydrogen-bond donors (Lipinski definition) is 1. The van der Waals surface area contributed by atoms with Crippen LogP contribution in [0.4, 0.5) is 0 Å². The minimum atomic E-state index is 0.562. The Morgan fingerprint density at radius 3 is 2.74 bits per heavy atom. The predicted molar refractivity (Wildman–Crippen MR) is 81.4 cm³/mol. The van der Waals surface area contributed by atoms with Gasteiger partial charge in [0, 0.05) is 6.04 Å². The van der Waals surface area contributed by atoms with Gasteiger partial charge < -0.3 is 5.32 Å². The molecule has 0 radical (unpaired) electrons. The van der Waals surface area contributed by atoms with Gasteiger partial charge in [-0.15, -0.1) is 0 Å². The Morgan fingerprint density at radius 2 is 1.95 bits per heavy atom. The number of rotatable bonds is 3. The standard InChI is InChI=1S/C18H21N/c1-3-19-18-10-8-16-12-15(7-9-17(16)18)14-6-4-5-13(2)11-14/h4-7,9,11-12,18-19H,3,8,10H2,1-2H3. The van der Waals surface area contributed by atoms with Crippen molar-refractivity contribution in [2.24, 2.45) is 0 Å². The maximum absolute atomic E-state index is 3.57. The van der Waals surface area contributed by atoms with Crippen LogP contribution in [0.25, 0.3) is 11.1 Å². The average Bonchev–Trinajstić information content (AvgIpc) is 2.82. The smallest absolute Gasteiger partial charge is 0.0326 e. The lowest BCUT2D eigenvalue weighted by atomic mass is 9.99. The van der Waals surface area contributed by atoms with Crippen LogP contribution in [0, 0.1) is 6.92 Å². The summed E-state index contributed by atoms with van der Waals surface area (Å²) in [7, 11) is 0. The minimum Gasteiger partial charge on any atom is -0.310 e.